The molecule has 1 aromatic heterocycles. The van der Waals surface area contributed by atoms with Crippen LogP contribution in [0.3, 0.4) is 0 Å². The molecule has 2 aromatic carbocycles. The van der Waals surface area contributed by atoms with E-state index in [9.17, 15) is 0 Å². The van der Waals surface area contributed by atoms with Gasteiger partial charge in [0.15, 0.2) is 0 Å². The summed E-state index contributed by atoms with van der Waals surface area (Å²) in [5.41, 5.74) is 2.01. The van der Waals surface area contributed by atoms with Crippen molar-refractivity contribution in [2.24, 2.45) is 0 Å². The summed E-state index contributed by atoms with van der Waals surface area (Å²) < 4.78 is 5.67. The number of hydrogen-bond acceptors (Lipinski definition) is 4. The maximum absolute atomic E-state index is 5.67. The number of rotatable bonds is 3. The molecule has 3 aromatic rings. The summed E-state index contributed by atoms with van der Waals surface area (Å²) in [4.78, 5) is 0.932. The third kappa shape index (κ3) is 2.69. The topological polar surface area (TPSA) is 38.9 Å². The molecule has 0 N–H and O–H groups in total. The molecular weight excluding hydrogens is 256 g/mol. The molecule has 1 heterocycles. The van der Waals surface area contributed by atoms with Gasteiger partial charge in [0.25, 0.3) is 0 Å². The molecule has 0 aliphatic rings. The summed E-state index contributed by atoms with van der Waals surface area (Å²) in [7, 11) is 0. The van der Waals surface area contributed by atoms with Crippen molar-refractivity contribution in [2.75, 3.05) is 0 Å². The first kappa shape index (κ1) is 12.0. The number of nitrogens with zero attached hydrogens (tertiary/aromatic N) is 2. The van der Waals surface area contributed by atoms with Gasteiger partial charge in [-0.25, -0.2) is 0 Å². The van der Waals surface area contributed by atoms with Crippen LogP contribution in [-0.4, -0.2) is 10.2 Å². The van der Waals surface area contributed by atoms with Crippen LogP contribution in [0.1, 0.15) is 11.5 Å². The minimum atomic E-state index is 0.548. The first-order valence-electron chi connectivity index (χ1n) is 5.97. The largest absolute Gasteiger partial charge is 0.420 e. The zero-order valence-electron chi connectivity index (χ0n) is 10.2. The zero-order valence-corrected chi connectivity index (χ0v) is 11.0. The van der Waals surface area contributed by atoms with Crippen LogP contribution in [0, 0.1) is 0 Å². The van der Waals surface area contributed by atoms with E-state index in [1.54, 1.807) is 0 Å². The van der Waals surface area contributed by atoms with Crippen molar-refractivity contribution >= 4 is 12.6 Å². The maximum Gasteiger partial charge on any atom is 0.247 e. The Labute approximate surface area is 116 Å². The van der Waals surface area contributed by atoms with Gasteiger partial charge < -0.3 is 4.42 Å². The highest BCUT2D eigenvalue weighted by Gasteiger charge is 2.09. The quantitative estimate of drug-likeness (QED) is 0.737. The van der Waals surface area contributed by atoms with Gasteiger partial charge in [-0.2, -0.15) is 0 Å². The van der Waals surface area contributed by atoms with E-state index in [1.165, 1.54) is 0 Å². The minimum Gasteiger partial charge on any atom is -0.420 e. The molecule has 3 rings (SSSR count). The van der Waals surface area contributed by atoms with Gasteiger partial charge in [-0.05, 0) is 23.8 Å². The predicted octanol–water partition coefficient (Wildman–Crippen LogP) is 3.62. The zero-order chi connectivity index (χ0) is 13.1. The summed E-state index contributed by atoms with van der Waals surface area (Å²) in [5.74, 6) is 1.15. The highest BCUT2D eigenvalue weighted by atomic mass is 32.1. The standard InChI is InChI=1S/C15H12N2OS/c19-13-9-5-4-8-12(13)10-14-16-17-15(18-14)11-6-2-1-3-7-11/h1-9,19H,10H2. The third-order valence-electron chi connectivity index (χ3n) is 2.82. The Bertz CT molecular complexity index is 679. The van der Waals surface area contributed by atoms with Crippen molar-refractivity contribution < 1.29 is 4.42 Å². The molecule has 0 spiro atoms. The summed E-state index contributed by atoms with van der Waals surface area (Å²) in [6, 6.07) is 17.6. The summed E-state index contributed by atoms with van der Waals surface area (Å²) in [6.07, 6.45) is 0.597. The number of aromatic nitrogens is 2. The van der Waals surface area contributed by atoms with Gasteiger partial charge in [-0.15, -0.1) is 22.8 Å². The van der Waals surface area contributed by atoms with Crippen LogP contribution in [0.2, 0.25) is 0 Å². The molecule has 0 fully saturated rings. The van der Waals surface area contributed by atoms with Gasteiger partial charge >= 0.3 is 0 Å². The van der Waals surface area contributed by atoms with Gasteiger partial charge in [0.1, 0.15) is 0 Å². The van der Waals surface area contributed by atoms with E-state index in [0.717, 1.165) is 16.0 Å². The first-order chi connectivity index (χ1) is 9.33. The average Bonchev–Trinajstić information content (AvgIpc) is 2.91. The Hall–Kier alpha value is -2.07. The molecular formula is C15H12N2OS. The van der Waals surface area contributed by atoms with Gasteiger partial charge in [-0.3, -0.25) is 0 Å². The van der Waals surface area contributed by atoms with Gasteiger partial charge in [0, 0.05) is 10.5 Å². The van der Waals surface area contributed by atoms with E-state index in [2.05, 4.69) is 22.8 Å². The average molecular weight is 268 g/mol. The normalized spacial score (nSPS) is 10.6. The SMILES string of the molecule is Sc1ccccc1Cc1nnc(-c2ccccc2)o1. The van der Waals surface area contributed by atoms with Crippen molar-refractivity contribution in [1.29, 1.82) is 0 Å². The van der Waals surface area contributed by atoms with Crippen molar-refractivity contribution in [2.45, 2.75) is 11.3 Å². The van der Waals surface area contributed by atoms with Crippen LogP contribution < -0.4 is 0 Å². The lowest BCUT2D eigenvalue weighted by Gasteiger charge is -2.00. The van der Waals surface area contributed by atoms with E-state index in [-0.39, 0.29) is 0 Å². The Morgan fingerprint density at radius 3 is 2.42 bits per heavy atom. The molecule has 0 saturated carbocycles. The van der Waals surface area contributed by atoms with Gasteiger partial charge in [0.2, 0.25) is 11.8 Å². The fraction of sp³-hybridized carbons (Fsp3) is 0.0667. The Morgan fingerprint density at radius 2 is 1.63 bits per heavy atom. The van der Waals surface area contributed by atoms with Crippen molar-refractivity contribution in [3.8, 4) is 11.5 Å². The molecule has 0 aliphatic carbocycles. The van der Waals surface area contributed by atoms with Crippen LogP contribution in [0.15, 0.2) is 63.9 Å². The highest BCUT2D eigenvalue weighted by Crippen LogP contribution is 2.20. The third-order valence-corrected chi connectivity index (χ3v) is 3.26. The second-order valence-electron chi connectivity index (χ2n) is 4.17. The van der Waals surface area contributed by atoms with Crippen LogP contribution in [0.5, 0.6) is 0 Å². The Balaban J connectivity index is 1.85. The summed E-state index contributed by atoms with van der Waals surface area (Å²) in [5, 5.41) is 8.15. The van der Waals surface area contributed by atoms with Crippen LogP contribution in [0.4, 0.5) is 0 Å². The summed E-state index contributed by atoms with van der Waals surface area (Å²) >= 11 is 4.42. The highest BCUT2D eigenvalue weighted by molar-refractivity contribution is 7.80. The molecule has 4 heteroatoms. The Kier molecular flexibility index (Phi) is 3.33. The smallest absolute Gasteiger partial charge is 0.247 e. The molecule has 0 aliphatic heterocycles. The fourth-order valence-corrected chi connectivity index (χ4v) is 2.09. The van der Waals surface area contributed by atoms with E-state index in [4.69, 9.17) is 4.42 Å². The summed E-state index contributed by atoms with van der Waals surface area (Å²) in [6.45, 7) is 0. The van der Waals surface area contributed by atoms with E-state index in [0.29, 0.717) is 18.2 Å². The monoisotopic (exact) mass is 268 g/mol. The maximum atomic E-state index is 5.67. The molecule has 0 atom stereocenters. The number of thiol groups is 1. The van der Waals surface area contributed by atoms with Crippen molar-refractivity contribution in [3.63, 3.8) is 0 Å². The van der Waals surface area contributed by atoms with E-state index < -0.39 is 0 Å². The Morgan fingerprint density at radius 1 is 0.895 bits per heavy atom. The number of hydrogen-bond donors (Lipinski definition) is 1. The molecule has 0 unspecified atom stereocenters. The molecule has 0 saturated heterocycles. The lowest BCUT2D eigenvalue weighted by Crippen LogP contribution is -1.89. The molecule has 3 nitrogen and oxygen atoms in total. The lowest BCUT2D eigenvalue weighted by molar-refractivity contribution is 0.517. The van der Waals surface area contributed by atoms with Crippen LogP contribution in [0.25, 0.3) is 11.5 Å². The van der Waals surface area contributed by atoms with Crippen LogP contribution >= 0.6 is 12.6 Å². The van der Waals surface area contributed by atoms with E-state index in [1.807, 2.05) is 54.6 Å². The molecule has 94 valence electrons. The molecule has 0 bridgehead atoms. The second kappa shape index (κ2) is 5.28. The van der Waals surface area contributed by atoms with Crippen molar-refractivity contribution in [1.82, 2.24) is 10.2 Å². The number of benzene rings is 2. The molecule has 0 radical (unpaired) electrons. The van der Waals surface area contributed by atoms with Crippen LogP contribution in [-0.2, 0) is 6.42 Å². The van der Waals surface area contributed by atoms with Gasteiger partial charge in [0.05, 0.1) is 6.42 Å². The van der Waals surface area contributed by atoms with Crippen molar-refractivity contribution in [3.05, 3.63) is 66.1 Å². The van der Waals surface area contributed by atoms with E-state index >= 15 is 0 Å². The lowest BCUT2D eigenvalue weighted by atomic mass is 10.1. The second-order valence-corrected chi connectivity index (χ2v) is 4.65. The molecule has 19 heavy (non-hydrogen) atoms. The first-order valence-corrected chi connectivity index (χ1v) is 6.42. The predicted molar refractivity (Wildman–Crippen MR) is 76.2 cm³/mol. The minimum absolute atomic E-state index is 0.548. The van der Waals surface area contributed by atoms with Gasteiger partial charge in [-0.1, -0.05) is 36.4 Å². The fourth-order valence-electron chi connectivity index (χ4n) is 1.85. The molecule has 0 amide bonds.